The molecule has 2 aliphatic heterocycles. The van der Waals surface area contributed by atoms with Crippen molar-refractivity contribution in [3.63, 3.8) is 0 Å². The van der Waals surface area contributed by atoms with Crippen molar-refractivity contribution in [2.45, 2.75) is 25.4 Å². The van der Waals surface area contributed by atoms with Gasteiger partial charge in [-0.25, -0.2) is 9.37 Å². The van der Waals surface area contributed by atoms with Crippen LogP contribution in [0.4, 0.5) is 15.9 Å². The number of nitrogens with one attached hydrogen (secondary N) is 2. The zero-order chi connectivity index (χ0) is 23.9. The molecular formula is C26H27FN4O3. The SMILES string of the molecule is CC(C)(NC(=O)C1=CC2Nc3ccccc3C(=O)C2C=C1F)c1ccc(N2CCOCC2)nc1. The monoisotopic (exact) mass is 462 g/mol. The Morgan fingerprint density at radius 2 is 1.94 bits per heavy atom. The van der Waals surface area contributed by atoms with Gasteiger partial charge in [0.05, 0.1) is 36.3 Å². The van der Waals surface area contributed by atoms with E-state index in [9.17, 15) is 14.0 Å². The molecular weight excluding hydrogens is 435 g/mol. The number of hydrogen-bond acceptors (Lipinski definition) is 6. The fraction of sp³-hybridized carbons (Fsp3) is 0.346. The highest BCUT2D eigenvalue weighted by Gasteiger charge is 2.38. The van der Waals surface area contributed by atoms with Crippen molar-refractivity contribution in [1.82, 2.24) is 10.3 Å². The molecule has 1 amide bonds. The summed E-state index contributed by atoms with van der Waals surface area (Å²) in [5.74, 6) is -1.21. The molecule has 0 saturated carbocycles. The van der Waals surface area contributed by atoms with E-state index >= 15 is 0 Å². The molecule has 1 saturated heterocycles. The molecule has 8 heteroatoms. The van der Waals surface area contributed by atoms with E-state index in [0.717, 1.165) is 24.5 Å². The first-order chi connectivity index (χ1) is 16.3. The summed E-state index contributed by atoms with van der Waals surface area (Å²) in [6.07, 6.45) is 4.50. The average Bonchev–Trinajstić information content (AvgIpc) is 2.85. The van der Waals surface area contributed by atoms with E-state index in [1.807, 2.05) is 38.1 Å². The number of fused-ring (bicyclic) bond motifs is 2. The third-order valence-corrected chi connectivity index (χ3v) is 6.61. The maximum absolute atomic E-state index is 15.0. The molecule has 2 atom stereocenters. The van der Waals surface area contributed by atoms with Crippen molar-refractivity contribution in [3.8, 4) is 0 Å². The van der Waals surface area contributed by atoms with Gasteiger partial charge < -0.3 is 20.3 Å². The van der Waals surface area contributed by atoms with Gasteiger partial charge in [-0.15, -0.1) is 0 Å². The van der Waals surface area contributed by atoms with Gasteiger partial charge in [0, 0.05) is 30.5 Å². The van der Waals surface area contributed by atoms with Crippen LogP contribution in [-0.4, -0.2) is 49.0 Å². The Kier molecular flexibility index (Phi) is 5.69. The molecule has 1 aromatic carbocycles. The molecule has 34 heavy (non-hydrogen) atoms. The lowest BCUT2D eigenvalue weighted by Crippen LogP contribution is -2.44. The largest absolute Gasteiger partial charge is 0.378 e. The summed E-state index contributed by atoms with van der Waals surface area (Å²) in [6.45, 7) is 6.62. The number of ketones is 1. The number of ether oxygens (including phenoxy) is 1. The predicted octanol–water partition coefficient (Wildman–Crippen LogP) is 3.36. The Morgan fingerprint density at radius 3 is 2.68 bits per heavy atom. The van der Waals surface area contributed by atoms with Gasteiger partial charge in [-0.2, -0.15) is 0 Å². The predicted molar refractivity (Wildman–Crippen MR) is 127 cm³/mol. The molecule has 176 valence electrons. The first-order valence-corrected chi connectivity index (χ1v) is 11.4. The van der Waals surface area contributed by atoms with E-state index in [1.165, 1.54) is 12.2 Å². The maximum atomic E-state index is 15.0. The highest BCUT2D eigenvalue weighted by molar-refractivity contribution is 6.07. The fourth-order valence-corrected chi connectivity index (χ4v) is 4.61. The molecule has 1 aromatic heterocycles. The van der Waals surface area contributed by atoms with Crippen LogP contribution in [0.1, 0.15) is 29.8 Å². The zero-order valence-electron chi connectivity index (χ0n) is 19.2. The Labute approximate surface area is 197 Å². The summed E-state index contributed by atoms with van der Waals surface area (Å²) in [5.41, 5.74) is 1.16. The number of anilines is 2. The van der Waals surface area contributed by atoms with Crippen LogP contribution in [0.25, 0.3) is 0 Å². The molecule has 0 bridgehead atoms. The topological polar surface area (TPSA) is 83.6 Å². The van der Waals surface area contributed by atoms with Crippen molar-refractivity contribution in [2.24, 2.45) is 5.92 Å². The molecule has 3 aliphatic rings. The summed E-state index contributed by atoms with van der Waals surface area (Å²) >= 11 is 0. The fourth-order valence-electron chi connectivity index (χ4n) is 4.61. The van der Waals surface area contributed by atoms with E-state index < -0.39 is 29.2 Å². The highest BCUT2D eigenvalue weighted by Crippen LogP contribution is 2.35. The highest BCUT2D eigenvalue weighted by atomic mass is 19.1. The lowest BCUT2D eigenvalue weighted by Gasteiger charge is -2.34. The van der Waals surface area contributed by atoms with Gasteiger partial charge in [-0.05, 0) is 49.8 Å². The lowest BCUT2D eigenvalue weighted by atomic mass is 9.81. The zero-order valence-corrected chi connectivity index (χ0v) is 19.2. The molecule has 2 N–H and O–H groups in total. The van der Waals surface area contributed by atoms with E-state index in [4.69, 9.17) is 4.74 Å². The summed E-state index contributed by atoms with van der Waals surface area (Å²) in [7, 11) is 0. The van der Waals surface area contributed by atoms with Crippen molar-refractivity contribution in [1.29, 1.82) is 0 Å². The summed E-state index contributed by atoms with van der Waals surface area (Å²) < 4.78 is 20.4. The minimum Gasteiger partial charge on any atom is -0.378 e. The Morgan fingerprint density at radius 1 is 1.18 bits per heavy atom. The van der Waals surface area contributed by atoms with Crippen molar-refractivity contribution < 1.29 is 18.7 Å². The maximum Gasteiger partial charge on any atom is 0.254 e. The number of Topliss-reactive ketones (excluding diaryl/α,β-unsaturated/α-hetero) is 1. The second-order valence-electron chi connectivity index (χ2n) is 9.28. The Hall–Kier alpha value is -3.52. The Balaban J connectivity index is 1.32. The average molecular weight is 463 g/mol. The number of rotatable bonds is 4. The van der Waals surface area contributed by atoms with Gasteiger partial charge in [-0.1, -0.05) is 18.2 Å². The number of pyridine rings is 1. The van der Waals surface area contributed by atoms with Crippen LogP contribution in [-0.2, 0) is 15.1 Å². The molecule has 3 heterocycles. The van der Waals surface area contributed by atoms with Crippen LogP contribution in [0.3, 0.4) is 0 Å². The first-order valence-electron chi connectivity index (χ1n) is 11.4. The number of morpholine rings is 1. The van der Waals surface area contributed by atoms with Crippen molar-refractivity contribution in [3.05, 3.63) is 77.3 Å². The van der Waals surface area contributed by atoms with Crippen molar-refractivity contribution in [2.75, 3.05) is 36.5 Å². The minimum atomic E-state index is -0.784. The standard InChI is InChI=1S/C26H27FN4O3/c1-26(2,16-7-8-23(28-15-16)31-9-11-34-12-10-31)30-25(33)18-14-22-19(13-20(18)27)24(32)17-5-3-4-6-21(17)29-22/h3-8,13-15,19,22,29H,9-12H2,1-2H3,(H,30,33). The summed E-state index contributed by atoms with van der Waals surface area (Å²) in [5, 5.41) is 6.18. The van der Waals surface area contributed by atoms with Gasteiger partial charge in [0.1, 0.15) is 11.6 Å². The van der Waals surface area contributed by atoms with Crippen molar-refractivity contribution >= 4 is 23.2 Å². The normalized spacial score (nSPS) is 22.1. The van der Waals surface area contributed by atoms with E-state index in [-0.39, 0.29) is 11.4 Å². The number of aromatic nitrogens is 1. The van der Waals surface area contributed by atoms with Gasteiger partial charge in [0.15, 0.2) is 5.78 Å². The molecule has 2 aromatic rings. The first kappa shape index (κ1) is 22.3. The van der Waals surface area contributed by atoms with Crippen LogP contribution < -0.4 is 15.5 Å². The third kappa shape index (κ3) is 4.09. The smallest absolute Gasteiger partial charge is 0.254 e. The van der Waals surface area contributed by atoms with Gasteiger partial charge >= 0.3 is 0 Å². The van der Waals surface area contributed by atoms with Gasteiger partial charge in [0.2, 0.25) is 0 Å². The quantitative estimate of drug-likeness (QED) is 0.725. The number of hydrogen-bond donors (Lipinski definition) is 2. The van der Waals surface area contributed by atoms with E-state index in [0.29, 0.717) is 24.5 Å². The number of para-hydroxylation sites is 1. The number of nitrogens with zero attached hydrogens (tertiary/aromatic N) is 2. The number of amides is 1. The van der Waals surface area contributed by atoms with Crippen LogP contribution in [0, 0.1) is 5.92 Å². The third-order valence-electron chi connectivity index (χ3n) is 6.61. The molecule has 1 fully saturated rings. The van der Waals surface area contributed by atoms with E-state index in [1.54, 1.807) is 18.3 Å². The second-order valence-corrected chi connectivity index (χ2v) is 9.28. The number of carbonyl (C=O) groups excluding carboxylic acids is 2. The van der Waals surface area contributed by atoms with Crippen LogP contribution in [0.15, 0.2) is 66.1 Å². The van der Waals surface area contributed by atoms with Gasteiger partial charge in [0.25, 0.3) is 5.91 Å². The van der Waals surface area contributed by atoms with Crippen LogP contribution in [0.2, 0.25) is 0 Å². The van der Waals surface area contributed by atoms with Gasteiger partial charge in [-0.3, -0.25) is 9.59 Å². The summed E-state index contributed by atoms with van der Waals surface area (Å²) in [6, 6.07) is 10.5. The second kappa shape index (κ2) is 8.68. The molecule has 1 aliphatic carbocycles. The van der Waals surface area contributed by atoms with E-state index in [2.05, 4.69) is 20.5 Å². The summed E-state index contributed by atoms with van der Waals surface area (Å²) in [4.78, 5) is 32.6. The molecule has 0 radical (unpaired) electrons. The molecule has 7 nitrogen and oxygen atoms in total. The molecule has 0 spiro atoms. The van der Waals surface area contributed by atoms with Crippen LogP contribution in [0.5, 0.6) is 0 Å². The number of benzene rings is 1. The molecule has 2 unspecified atom stereocenters. The Bertz CT molecular complexity index is 1180. The number of carbonyl (C=O) groups is 2. The number of halogens is 1. The lowest BCUT2D eigenvalue weighted by molar-refractivity contribution is -0.119. The molecule has 5 rings (SSSR count). The minimum absolute atomic E-state index is 0.0769. The van der Waals surface area contributed by atoms with Crippen LogP contribution >= 0.6 is 0 Å².